The lowest BCUT2D eigenvalue weighted by Gasteiger charge is -2.31. The number of carbonyl (C=O) groups is 1. The number of amides is 1. The molecular formula is C31H30F3N3OS. The maximum Gasteiger partial charge on any atom is 0.416 e. The molecule has 2 heterocycles. The Balaban J connectivity index is 1.28. The fraction of sp³-hybridized carbons (Fsp3) is 0.290. The number of anilines is 1. The van der Waals surface area contributed by atoms with E-state index in [1.165, 1.54) is 29.0 Å². The molecule has 1 amide bonds. The number of nitrogens with one attached hydrogen (secondary N) is 1. The summed E-state index contributed by atoms with van der Waals surface area (Å²) in [6.07, 6.45) is -3.21. The smallest absolute Gasteiger partial charge is 0.302 e. The van der Waals surface area contributed by atoms with E-state index in [2.05, 4.69) is 29.6 Å². The van der Waals surface area contributed by atoms with E-state index in [1.54, 1.807) is 6.07 Å². The lowest BCUT2D eigenvalue weighted by atomic mass is 9.95. The van der Waals surface area contributed by atoms with Crippen LogP contribution in [0.25, 0.3) is 21.7 Å². The first kappa shape index (κ1) is 27.1. The van der Waals surface area contributed by atoms with E-state index in [4.69, 9.17) is 4.98 Å². The topological polar surface area (TPSA) is 45.2 Å². The number of hydrogen-bond acceptors (Lipinski definition) is 4. The fourth-order valence-corrected chi connectivity index (χ4v) is 5.91. The molecule has 3 aromatic carbocycles. The minimum atomic E-state index is -4.38. The van der Waals surface area contributed by atoms with Crippen molar-refractivity contribution in [2.75, 3.05) is 18.4 Å². The van der Waals surface area contributed by atoms with Gasteiger partial charge in [-0.1, -0.05) is 89.2 Å². The number of rotatable bonds is 6. The van der Waals surface area contributed by atoms with Gasteiger partial charge in [0.05, 0.1) is 16.1 Å². The molecule has 0 saturated carbocycles. The van der Waals surface area contributed by atoms with Gasteiger partial charge in [-0.25, -0.2) is 4.98 Å². The van der Waals surface area contributed by atoms with Gasteiger partial charge >= 0.3 is 6.18 Å². The van der Waals surface area contributed by atoms with Crippen molar-refractivity contribution in [3.8, 4) is 21.7 Å². The van der Waals surface area contributed by atoms with Crippen molar-refractivity contribution in [1.29, 1.82) is 0 Å². The predicted molar refractivity (Wildman–Crippen MR) is 151 cm³/mol. The Morgan fingerprint density at radius 3 is 2.13 bits per heavy atom. The van der Waals surface area contributed by atoms with Gasteiger partial charge in [-0.15, -0.1) is 0 Å². The fourth-order valence-electron chi connectivity index (χ4n) is 4.92. The molecule has 0 aliphatic carbocycles. The van der Waals surface area contributed by atoms with Gasteiger partial charge in [-0.05, 0) is 57.0 Å². The van der Waals surface area contributed by atoms with Crippen molar-refractivity contribution < 1.29 is 18.0 Å². The highest BCUT2D eigenvalue weighted by molar-refractivity contribution is 7.19. The molecular weight excluding hydrogens is 519 g/mol. The molecule has 5 rings (SSSR count). The molecule has 0 unspecified atom stereocenters. The average Bonchev–Trinajstić information content (AvgIpc) is 3.33. The van der Waals surface area contributed by atoms with Crippen LogP contribution in [0.4, 0.5) is 18.3 Å². The maximum atomic E-state index is 13.4. The van der Waals surface area contributed by atoms with Crippen LogP contribution in [0.5, 0.6) is 0 Å². The lowest BCUT2D eigenvalue weighted by Crippen LogP contribution is -2.38. The number of piperidine rings is 1. The van der Waals surface area contributed by atoms with Crippen molar-refractivity contribution in [3.05, 3.63) is 95.1 Å². The number of aryl methyl sites for hydroxylation is 2. The Labute approximate surface area is 230 Å². The number of thiazole rings is 1. The predicted octanol–water partition coefficient (Wildman–Crippen LogP) is 7.96. The molecule has 1 aliphatic heterocycles. The van der Waals surface area contributed by atoms with Crippen LogP contribution in [0.15, 0.2) is 72.8 Å². The van der Waals surface area contributed by atoms with Crippen LogP contribution in [0.1, 0.15) is 35.1 Å². The Kier molecular flexibility index (Phi) is 7.86. The van der Waals surface area contributed by atoms with Crippen molar-refractivity contribution in [3.63, 3.8) is 0 Å². The van der Waals surface area contributed by atoms with Gasteiger partial charge in [-0.3, -0.25) is 9.69 Å². The van der Waals surface area contributed by atoms with Gasteiger partial charge in [-0.2, -0.15) is 13.2 Å². The van der Waals surface area contributed by atoms with E-state index in [-0.39, 0.29) is 23.9 Å². The zero-order valence-electron chi connectivity index (χ0n) is 21.9. The zero-order chi connectivity index (χ0) is 27.6. The summed E-state index contributed by atoms with van der Waals surface area (Å²) in [7, 11) is 0. The number of benzene rings is 3. The summed E-state index contributed by atoms with van der Waals surface area (Å²) in [5, 5.41) is 3.58. The van der Waals surface area contributed by atoms with E-state index in [9.17, 15) is 18.0 Å². The highest BCUT2D eigenvalue weighted by Crippen LogP contribution is 2.40. The third kappa shape index (κ3) is 6.40. The van der Waals surface area contributed by atoms with E-state index in [0.29, 0.717) is 31.1 Å². The zero-order valence-corrected chi connectivity index (χ0v) is 22.7. The monoisotopic (exact) mass is 549 g/mol. The highest BCUT2D eigenvalue weighted by Gasteiger charge is 2.34. The number of hydrogen-bond donors (Lipinski definition) is 1. The van der Waals surface area contributed by atoms with Gasteiger partial charge in [0, 0.05) is 18.0 Å². The van der Waals surface area contributed by atoms with E-state index in [1.807, 2.05) is 43.0 Å². The Morgan fingerprint density at radius 1 is 0.923 bits per heavy atom. The van der Waals surface area contributed by atoms with Crippen molar-refractivity contribution in [2.24, 2.45) is 5.92 Å². The molecule has 1 aliphatic rings. The normalized spacial score (nSPS) is 14.9. The molecule has 1 saturated heterocycles. The van der Waals surface area contributed by atoms with Crippen molar-refractivity contribution >= 4 is 22.4 Å². The van der Waals surface area contributed by atoms with Crippen LogP contribution >= 0.6 is 11.3 Å². The van der Waals surface area contributed by atoms with E-state index in [0.717, 1.165) is 33.3 Å². The molecule has 0 bridgehead atoms. The summed E-state index contributed by atoms with van der Waals surface area (Å²) >= 11 is 1.46. The Bertz CT molecular complexity index is 1370. The first-order chi connectivity index (χ1) is 18.7. The minimum Gasteiger partial charge on any atom is -0.302 e. The van der Waals surface area contributed by atoms with Crippen LogP contribution < -0.4 is 5.32 Å². The second-order valence-corrected chi connectivity index (χ2v) is 11.1. The Hall–Kier alpha value is -3.49. The second kappa shape index (κ2) is 11.3. The third-order valence-electron chi connectivity index (χ3n) is 7.17. The SMILES string of the molecule is Cc1ccc(-c2nc(NC(=O)C3CCN(Cc4ccccc4C(F)(F)F)CC3)sc2-c2ccc(C)cc2)cc1. The molecule has 1 fully saturated rings. The summed E-state index contributed by atoms with van der Waals surface area (Å²) < 4.78 is 40.1. The highest BCUT2D eigenvalue weighted by atomic mass is 32.1. The third-order valence-corrected chi connectivity index (χ3v) is 8.19. The molecule has 1 aromatic heterocycles. The van der Waals surface area contributed by atoms with Crippen LogP contribution in [-0.2, 0) is 17.5 Å². The molecule has 4 nitrogen and oxygen atoms in total. The van der Waals surface area contributed by atoms with Gasteiger partial charge in [0.15, 0.2) is 5.13 Å². The van der Waals surface area contributed by atoms with Crippen LogP contribution in [-0.4, -0.2) is 28.9 Å². The Morgan fingerprint density at radius 2 is 1.51 bits per heavy atom. The van der Waals surface area contributed by atoms with Gasteiger partial charge in [0.25, 0.3) is 0 Å². The second-order valence-electron chi connectivity index (χ2n) is 10.1. The van der Waals surface area contributed by atoms with E-state index < -0.39 is 11.7 Å². The van der Waals surface area contributed by atoms with Crippen LogP contribution in [0.3, 0.4) is 0 Å². The summed E-state index contributed by atoms with van der Waals surface area (Å²) in [5.74, 6) is -0.307. The van der Waals surface area contributed by atoms with Gasteiger partial charge < -0.3 is 5.32 Å². The number of carbonyl (C=O) groups excluding carboxylic acids is 1. The minimum absolute atomic E-state index is 0.0926. The maximum absolute atomic E-state index is 13.4. The summed E-state index contributed by atoms with van der Waals surface area (Å²) in [5.41, 5.74) is 4.86. The first-order valence-electron chi connectivity index (χ1n) is 13.0. The van der Waals surface area contributed by atoms with Crippen LogP contribution in [0.2, 0.25) is 0 Å². The molecule has 39 heavy (non-hydrogen) atoms. The number of nitrogens with zero attached hydrogens (tertiary/aromatic N) is 2. The van der Waals surface area contributed by atoms with Crippen LogP contribution in [0, 0.1) is 19.8 Å². The lowest BCUT2D eigenvalue weighted by molar-refractivity contribution is -0.138. The summed E-state index contributed by atoms with van der Waals surface area (Å²) in [4.78, 5) is 21.0. The summed E-state index contributed by atoms with van der Waals surface area (Å²) in [6.45, 7) is 5.42. The number of halogens is 3. The number of likely N-dealkylation sites (tertiary alicyclic amines) is 1. The van der Waals surface area contributed by atoms with Gasteiger partial charge in [0.2, 0.25) is 5.91 Å². The molecule has 4 aromatic rings. The van der Waals surface area contributed by atoms with E-state index >= 15 is 0 Å². The van der Waals surface area contributed by atoms with Crippen molar-refractivity contribution in [2.45, 2.75) is 39.4 Å². The number of aromatic nitrogens is 1. The van der Waals surface area contributed by atoms with Gasteiger partial charge in [0.1, 0.15) is 0 Å². The molecule has 0 spiro atoms. The first-order valence-corrected chi connectivity index (χ1v) is 13.8. The largest absolute Gasteiger partial charge is 0.416 e. The molecule has 8 heteroatoms. The average molecular weight is 550 g/mol. The number of alkyl halides is 3. The standard InChI is InChI=1S/C31H30F3N3OS/c1-20-7-11-22(12-8-20)27-28(23-13-9-21(2)10-14-23)39-30(35-27)36-29(38)24-15-17-37(18-16-24)19-25-5-3-4-6-26(25)31(32,33)34/h3-14,24H,15-19H2,1-2H3,(H,35,36,38). The molecule has 0 atom stereocenters. The quantitative estimate of drug-likeness (QED) is 0.265. The molecule has 1 N–H and O–H groups in total. The summed E-state index contributed by atoms with van der Waals surface area (Å²) in [6, 6.07) is 22.1. The van der Waals surface area contributed by atoms with Crippen molar-refractivity contribution in [1.82, 2.24) is 9.88 Å². The molecule has 0 radical (unpaired) electrons. The molecule has 202 valence electrons.